The second-order valence-corrected chi connectivity index (χ2v) is 5.56. The van der Waals surface area contributed by atoms with Crippen LogP contribution in [0.3, 0.4) is 0 Å². The zero-order valence-corrected chi connectivity index (χ0v) is 12.0. The Morgan fingerprint density at radius 2 is 1.14 bits per heavy atom. The van der Waals surface area contributed by atoms with E-state index in [0.717, 1.165) is 0 Å². The van der Waals surface area contributed by atoms with Crippen LogP contribution in [-0.2, 0) is 0 Å². The van der Waals surface area contributed by atoms with E-state index < -0.39 is 0 Å². The molecule has 4 aromatic rings. The van der Waals surface area contributed by atoms with Crippen molar-refractivity contribution >= 4 is 21.5 Å². The summed E-state index contributed by atoms with van der Waals surface area (Å²) < 4.78 is 0. The maximum Gasteiger partial charge on any atom is -0.00991 e. The Kier molecular flexibility index (Phi) is 2.75. The van der Waals surface area contributed by atoms with Gasteiger partial charge < -0.3 is 0 Å². The van der Waals surface area contributed by atoms with E-state index in [-0.39, 0.29) is 0 Å². The number of hydrogen-bond donors (Lipinski definition) is 0. The van der Waals surface area contributed by atoms with E-state index in [0.29, 0.717) is 0 Å². The topological polar surface area (TPSA) is 0 Å². The van der Waals surface area contributed by atoms with Gasteiger partial charge in [0.25, 0.3) is 0 Å². The van der Waals surface area contributed by atoms with E-state index in [9.17, 15) is 0 Å². The summed E-state index contributed by atoms with van der Waals surface area (Å²) >= 11 is 0. The highest BCUT2D eigenvalue weighted by Crippen LogP contribution is 2.34. The fraction of sp³-hybridized carbons (Fsp3) is 0.0476. The maximum atomic E-state index is 2.28. The molecule has 0 bridgehead atoms. The summed E-state index contributed by atoms with van der Waals surface area (Å²) in [6.07, 6.45) is 0. The van der Waals surface area contributed by atoms with Gasteiger partial charge in [0.1, 0.15) is 0 Å². The minimum absolute atomic E-state index is 1.29. The van der Waals surface area contributed by atoms with Crippen molar-refractivity contribution in [1.82, 2.24) is 0 Å². The smallest absolute Gasteiger partial charge is 0.00991 e. The Bertz CT molecular complexity index is 943. The van der Waals surface area contributed by atoms with Gasteiger partial charge >= 0.3 is 0 Å². The molecule has 0 spiro atoms. The van der Waals surface area contributed by atoms with E-state index in [1.54, 1.807) is 0 Å². The number of benzene rings is 4. The van der Waals surface area contributed by atoms with Crippen LogP contribution >= 0.6 is 0 Å². The van der Waals surface area contributed by atoms with Crippen molar-refractivity contribution in [3.63, 3.8) is 0 Å². The predicted molar refractivity (Wildman–Crippen MR) is 91.6 cm³/mol. The fourth-order valence-corrected chi connectivity index (χ4v) is 3.08. The molecule has 0 saturated heterocycles. The monoisotopic (exact) mass is 268 g/mol. The number of aryl methyl sites for hydroxylation is 1. The molecule has 4 rings (SSSR count). The summed E-state index contributed by atoms with van der Waals surface area (Å²) in [7, 11) is 0. The normalized spacial score (nSPS) is 11.1. The highest BCUT2D eigenvalue weighted by atomic mass is 14.1. The first-order valence-corrected chi connectivity index (χ1v) is 7.30. The van der Waals surface area contributed by atoms with E-state index in [1.807, 2.05) is 0 Å². The van der Waals surface area contributed by atoms with Crippen LogP contribution in [-0.4, -0.2) is 0 Å². The van der Waals surface area contributed by atoms with Crippen LogP contribution in [0.25, 0.3) is 32.7 Å². The van der Waals surface area contributed by atoms with Gasteiger partial charge in [-0.05, 0) is 39.6 Å². The molecule has 0 aliphatic heterocycles. The molecular formula is C21H16. The average molecular weight is 268 g/mol. The molecule has 0 amide bonds. The van der Waals surface area contributed by atoms with Gasteiger partial charge in [-0.3, -0.25) is 0 Å². The highest BCUT2D eigenvalue weighted by molar-refractivity contribution is 6.05. The zero-order chi connectivity index (χ0) is 14.2. The van der Waals surface area contributed by atoms with Gasteiger partial charge in [-0.15, -0.1) is 0 Å². The largest absolute Gasteiger partial charge is 0.0616 e. The molecule has 0 N–H and O–H groups in total. The number of hydrogen-bond acceptors (Lipinski definition) is 0. The lowest BCUT2D eigenvalue weighted by atomic mass is 9.93. The van der Waals surface area contributed by atoms with Crippen molar-refractivity contribution in [2.75, 3.05) is 0 Å². The predicted octanol–water partition coefficient (Wildman–Crippen LogP) is 5.97. The van der Waals surface area contributed by atoms with Crippen LogP contribution in [0.4, 0.5) is 0 Å². The standard InChI is InChI=1S/C21H16/c1-15-12-13-17-8-5-11-20(21(17)14-15)19-10-4-7-16-6-2-3-9-18(16)19/h2-14H,1H3. The van der Waals surface area contributed by atoms with Crippen molar-refractivity contribution in [3.8, 4) is 11.1 Å². The fourth-order valence-electron chi connectivity index (χ4n) is 3.08. The average Bonchev–Trinajstić information content (AvgIpc) is 2.54. The lowest BCUT2D eigenvalue weighted by molar-refractivity contribution is 1.50. The quantitative estimate of drug-likeness (QED) is 0.399. The third kappa shape index (κ3) is 2.00. The highest BCUT2D eigenvalue weighted by Gasteiger charge is 2.07. The molecule has 0 heteroatoms. The second kappa shape index (κ2) is 4.75. The van der Waals surface area contributed by atoms with Gasteiger partial charge in [-0.1, -0.05) is 84.4 Å². The van der Waals surface area contributed by atoms with Crippen LogP contribution in [0.1, 0.15) is 5.56 Å². The molecule has 0 unspecified atom stereocenters. The third-order valence-corrected chi connectivity index (χ3v) is 4.12. The molecule has 0 aliphatic carbocycles. The van der Waals surface area contributed by atoms with Gasteiger partial charge in [-0.25, -0.2) is 0 Å². The van der Waals surface area contributed by atoms with Gasteiger partial charge in [-0.2, -0.15) is 0 Å². The summed E-state index contributed by atoms with van der Waals surface area (Å²) in [5.41, 5.74) is 3.92. The van der Waals surface area contributed by atoms with Gasteiger partial charge in [0.05, 0.1) is 0 Å². The first kappa shape index (κ1) is 12.2. The van der Waals surface area contributed by atoms with Crippen molar-refractivity contribution in [2.45, 2.75) is 6.92 Å². The van der Waals surface area contributed by atoms with Crippen LogP contribution < -0.4 is 0 Å². The van der Waals surface area contributed by atoms with Gasteiger partial charge in [0.15, 0.2) is 0 Å². The van der Waals surface area contributed by atoms with E-state index in [2.05, 4.69) is 85.8 Å². The van der Waals surface area contributed by atoms with E-state index in [1.165, 1.54) is 38.2 Å². The Morgan fingerprint density at radius 3 is 1.95 bits per heavy atom. The van der Waals surface area contributed by atoms with Crippen LogP contribution in [0.15, 0.2) is 78.9 Å². The van der Waals surface area contributed by atoms with Crippen molar-refractivity contribution in [3.05, 3.63) is 84.4 Å². The van der Waals surface area contributed by atoms with Gasteiger partial charge in [0, 0.05) is 0 Å². The third-order valence-electron chi connectivity index (χ3n) is 4.12. The molecule has 0 saturated carbocycles. The van der Waals surface area contributed by atoms with Crippen LogP contribution in [0, 0.1) is 6.92 Å². The first-order valence-electron chi connectivity index (χ1n) is 7.30. The molecule has 0 heterocycles. The van der Waals surface area contributed by atoms with Crippen molar-refractivity contribution < 1.29 is 0 Å². The van der Waals surface area contributed by atoms with E-state index in [4.69, 9.17) is 0 Å². The zero-order valence-electron chi connectivity index (χ0n) is 12.0. The lowest BCUT2D eigenvalue weighted by Gasteiger charge is -2.11. The molecule has 4 aromatic carbocycles. The molecule has 0 atom stereocenters. The molecule has 0 fully saturated rings. The lowest BCUT2D eigenvalue weighted by Crippen LogP contribution is -1.84. The molecular weight excluding hydrogens is 252 g/mol. The summed E-state index contributed by atoms with van der Waals surface area (Å²) in [5.74, 6) is 0. The van der Waals surface area contributed by atoms with Crippen molar-refractivity contribution in [1.29, 1.82) is 0 Å². The van der Waals surface area contributed by atoms with Crippen LogP contribution in [0.5, 0.6) is 0 Å². The molecule has 21 heavy (non-hydrogen) atoms. The first-order chi connectivity index (χ1) is 10.3. The number of fused-ring (bicyclic) bond motifs is 2. The molecule has 100 valence electrons. The Morgan fingerprint density at radius 1 is 0.524 bits per heavy atom. The Labute approximate surface area is 124 Å². The SMILES string of the molecule is Cc1ccc2cccc(-c3cccc4ccccc34)c2c1. The Balaban J connectivity index is 2.12. The van der Waals surface area contributed by atoms with Crippen molar-refractivity contribution in [2.24, 2.45) is 0 Å². The van der Waals surface area contributed by atoms with Gasteiger partial charge in [0.2, 0.25) is 0 Å². The Hall–Kier alpha value is -2.60. The molecule has 0 aromatic heterocycles. The minimum atomic E-state index is 1.29. The summed E-state index contributed by atoms with van der Waals surface area (Å²) in [4.78, 5) is 0. The maximum absolute atomic E-state index is 2.28. The molecule has 0 aliphatic rings. The van der Waals surface area contributed by atoms with E-state index >= 15 is 0 Å². The summed E-state index contributed by atoms with van der Waals surface area (Å²) in [5, 5.41) is 5.23. The minimum Gasteiger partial charge on any atom is -0.0616 e. The van der Waals surface area contributed by atoms with Crippen LogP contribution in [0.2, 0.25) is 0 Å². The summed E-state index contributed by atoms with van der Waals surface area (Å²) in [6.45, 7) is 2.15. The number of rotatable bonds is 1. The molecule has 0 nitrogen and oxygen atoms in total. The molecule has 0 radical (unpaired) electrons. The second-order valence-electron chi connectivity index (χ2n) is 5.56. The summed E-state index contributed by atoms with van der Waals surface area (Å²) in [6, 6.07) is 28.4.